The maximum atomic E-state index is 2.67. The molecule has 2 heterocycles. The third kappa shape index (κ3) is 6.61. The molecule has 9 aromatic rings. The largest absolute Gasteiger partial charge is 0.376 e. The third-order valence-electron chi connectivity index (χ3n) is 15.2. The molecule has 330 valence electrons. The van der Waals surface area contributed by atoms with Crippen LogP contribution in [0.4, 0.5) is 28.4 Å². The molecule has 2 aliphatic heterocycles. The van der Waals surface area contributed by atoms with Crippen molar-refractivity contribution in [3.63, 3.8) is 0 Å². The first-order chi connectivity index (χ1) is 32.8. The summed E-state index contributed by atoms with van der Waals surface area (Å²) in [4.78, 5) is 5.32. The van der Waals surface area contributed by atoms with Crippen LogP contribution in [0.5, 0.6) is 0 Å². The van der Waals surface area contributed by atoms with E-state index in [0.717, 1.165) is 0 Å². The molecule has 0 saturated heterocycles. The van der Waals surface area contributed by atoms with Gasteiger partial charge in [-0.25, -0.2) is 0 Å². The molecule has 3 heteroatoms. The van der Waals surface area contributed by atoms with E-state index in [0.29, 0.717) is 0 Å². The molecule has 0 fully saturated rings. The molecule has 0 saturated carbocycles. The molecular weight excluding hydrogens is 820 g/mol. The zero-order valence-electron chi connectivity index (χ0n) is 40.5. The molecule has 9 aromatic carbocycles. The number of fused-ring (bicyclic) bond motifs is 7. The van der Waals surface area contributed by atoms with Crippen LogP contribution in [0.2, 0.25) is 0 Å². The van der Waals surface area contributed by atoms with Crippen molar-refractivity contribution < 1.29 is 0 Å². The first-order valence-corrected chi connectivity index (χ1v) is 24.4. The van der Waals surface area contributed by atoms with Gasteiger partial charge in [-0.1, -0.05) is 201 Å². The Labute approximate surface area is 403 Å². The summed E-state index contributed by atoms with van der Waals surface area (Å²) in [5.74, 6) is 0. The molecule has 0 radical (unpaired) electrons. The molecular formula is C65H57BN2. The zero-order chi connectivity index (χ0) is 46.7. The maximum Gasteiger partial charge on any atom is 0.333 e. The minimum atomic E-state index is -0.189. The van der Waals surface area contributed by atoms with Crippen molar-refractivity contribution in [2.24, 2.45) is 0 Å². The monoisotopic (exact) mass is 876 g/mol. The smallest absolute Gasteiger partial charge is 0.333 e. The summed E-state index contributed by atoms with van der Waals surface area (Å²) in [5, 5.41) is 0. The van der Waals surface area contributed by atoms with Gasteiger partial charge in [-0.3, -0.25) is 0 Å². The average molecular weight is 877 g/mol. The van der Waals surface area contributed by atoms with Crippen LogP contribution in [-0.2, 0) is 16.2 Å². The van der Waals surface area contributed by atoms with E-state index in [2.05, 4.69) is 265 Å². The topological polar surface area (TPSA) is 6.48 Å². The Hall–Kier alpha value is -7.36. The highest BCUT2D eigenvalue weighted by Gasteiger charge is 2.48. The lowest BCUT2D eigenvalue weighted by molar-refractivity contribution is 0.590. The number of nitrogens with zero attached hydrogens (tertiary/aromatic N) is 2. The lowest BCUT2D eigenvalue weighted by Gasteiger charge is -2.47. The summed E-state index contributed by atoms with van der Waals surface area (Å²) in [5.41, 5.74) is 26.2. The van der Waals surface area contributed by atoms with Gasteiger partial charge in [0, 0.05) is 39.3 Å². The highest BCUT2D eigenvalue weighted by atomic mass is 15.2. The predicted molar refractivity (Wildman–Crippen MR) is 291 cm³/mol. The van der Waals surface area contributed by atoms with Crippen LogP contribution in [0, 0.1) is 0 Å². The molecule has 1 aliphatic carbocycles. The van der Waals surface area contributed by atoms with E-state index in [4.69, 9.17) is 0 Å². The van der Waals surface area contributed by atoms with Gasteiger partial charge in [-0.05, 0) is 143 Å². The second-order valence-corrected chi connectivity index (χ2v) is 21.8. The molecule has 0 atom stereocenters. The maximum absolute atomic E-state index is 2.67. The Bertz CT molecular complexity index is 3430. The molecule has 12 rings (SSSR count). The van der Waals surface area contributed by atoms with E-state index in [1.54, 1.807) is 0 Å². The number of rotatable bonds is 5. The van der Waals surface area contributed by atoms with Crippen molar-refractivity contribution in [2.75, 3.05) is 9.71 Å². The minimum absolute atomic E-state index is 0.0224. The molecule has 3 aliphatic rings. The van der Waals surface area contributed by atoms with Crippen molar-refractivity contribution in [3.05, 3.63) is 222 Å². The van der Waals surface area contributed by atoms with E-state index >= 15 is 0 Å². The molecule has 0 unspecified atom stereocenters. The summed E-state index contributed by atoms with van der Waals surface area (Å²) >= 11 is 0. The van der Waals surface area contributed by atoms with E-state index in [1.165, 1.54) is 117 Å². The summed E-state index contributed by atoms with van der Waals surface area (Å²) in [6.45, 7) is 18.6. The number of benzene rings is 9. The van der Waals surface area contributed by atoms with Gasteiger partial charge in [0.1, 0.15) is 0 Å². The van der Waals surface area contributed by atoms with E-state index in [1.807, 2.05) is 0 Å². The zero-order valence-corrected chi connectivity index (χ0v) is 40.5. The fourth-order valence-corrected chi connectivity index (χ4v) is 11.5. The van der Waals surface area contributed by atoms with Gasteiger partial charge in [0.15, 0.2) is 0 Å². The highest BCUT2D eigenvalue weighted by molar-refractivity contribution is 6.93. The fourth-order valence-electron chi connectivity index (χ4n) is 11.5. The number of hydrogen-bond donors (Lipinski definition) is 0. The highest BCUT2D eigenvalue weighted by Crippen LogP contribution is 2.55. The van der Waals surface area contributed by atoms with Crippen LogP contribution < -0.4 is 20.6 Å². The summed E-state index contributed by atoms with van der Waals surface area (Å²) in [7, 11) is 0. The first-order valence-electron chi connectivity index (χ1n) is 24.4. The molecule has 0 bridgehead atoms. The van der Waals surface area contributed by atoms with Crippen LogP contribution in [0.3, 0.4) is 0 Å². The second kappa shape index (κ2) is 15.3. The van der Waals surface area contributed by atoms with Gasteiger partial charge >= 0.3 is 6.85 Å². The van der Waals surface area contributed by atoms with Crippen LogP contribution in [0.25, 0.3) is 55.6 Å². The van der Waals surface area contributed by atoms with Crippen LogP contribution >= 0.6 is 0 Å². The Morgan fingerprint density at radius 2 is 0.941 bits per heavy atom. The number of anilines is 5. The lowest BCUT2D eigenvalue weighted by atomic mass is 9.43. The van der Waals surface area contributed by atoms with Crippen LogP contribution in [0.15, 0.2) is 200 Å². The molecule has 0 aromatic heterocycles. The predicted octanol–water partition coefficient (Wildman–Crippen LogP) is 16.3. The average Bonchev–Trinajstić information content (AvgIpc) is 3.58. The normalized spacial score (nSPS) is 14.2. The van der Waals surface area contributed by atoms with Crippen molar-refractivity contribution in [1.82, 2.24) is 0 Å². The minimum Gasteiger partial charge on any atom is -0.376 e. The van der Waals surface area contributed by atoms with Crippen molar-refractivity contribution in [3.8, 4) is 55.6 Å². The Kier molecular flexibility index (Phi) is 9.48. The molecule has 68 heavy (non-hydrogen) atoms. The van der Waals surface area contributed by atoms with Crippen LogP contribution in [-0.4, -0.2) is 6.85 Å². The SMILES string of the molecule is CC(C)(C)c1ccc(N2B3c4cc5c(cc4N(c4ccc(C(C)(C)C)cc4-c4ccccc4)c4cc(-c6ccccc6)cc(c43)-c3cc(-c4ccccc4)ccc32)-c2ccccc2C5(C)C)cc1. The van der Waals surface area contributed by atoms with E-state index in [9.17, 15) is 0 Å². The van der Waals surface area contributed by atoms with Gasteiger partial charge in [0.25, 0.3) is 0 Å². The van der Waals surface area contributed by atoms with Gasteiger partial charge in [-0.2, -0.15) is 0 Å². The van der Waals surface area contributed by atoms with Crippen LogP contribution in [0.1, 0.15) is 77.6 Å². The van der Waals surface area contributed by atoms with Crippen molar-refractivity contribution in [2.45, 2.75) is 71.6 Å². The fraction of sp³-hybridized carbons (Fsp3) is 0.169. The molecule has 0 spiro atoms. The van der Waals surface area contributed by atoms with E-state index < -0.39 is 0 Å². The Balaban J connectivity index is 1.24. The first kappa shape index (κ1) is 42.0. The quantitative estimate of drug-likeness (QED) is 0.159. The summed E-state index contributed by atoms with van der Waals surface area (Å²) in [6, 6.07) is 76.0. The van der Waals surface area contributed by atoms with Gasteiger partial charge in [0.05, 0.1) is 5.69 Å². The Morgan fingerprint density at radius 3 is 1.60 bits per heavy atom. The summed E-state index contributed by atoms with van der Waals surface area (Å²) < 4.78 is 0. The second-order valence-electron chi connectivity index (χ2n) is 21.8. The van der Waals surface area contributed by atoms with E-state index in [-0.39, 0.29) is 23.1 Å². The van der Waals surface area contributed by atoms with Gasteiger partial charge < -0.3 is 9.71 Å². The lowest BCUT2D eigenvalue weighted by Crippen LogP contribution is -2.61. The van der Waals surface area contributed by atoms with Gasteiger partial charge in [-0.15, -0.1) is 0 Å². The van der Waals surface area contributed by atoms with Crippen molar-refractivity contribution in [1.29, 1.82) is 0 Å². The third-order valence-corrected chi connectivity index (χ3v) is 15.2. The molecule has 0 N–H and O–H groups in total. The summed E-state index contributed by atoms with van der Waals surface area (Å²) in [6.07, 6.45) is 0. The molecule has 0 amide bonds. The Morgan fingerprint density at radius 1 is 0.368 bits per heavy atom. The standard InChI is InChI=1S/C65H57BN2/c1-63(2,3)47-29-32-49(33-30-47)68-59-34-28-45(42-20-12-9-13-21-42)36-53(59)54-37-46(43-22-14-10-15-23-43)38-61-62(54)66(68)57-41-56-52(50-26-18-19-27-55(50)65(56,7)8)40-60(57)67(61)58-35-31-48(64(4,5)6)39-51(58)44-24-16-11-17-25-44/h9-41H,1-8H3. The van der Waals surface area contributed by atoms with Gasteiger partial charge in [0.2, 0.25) is 0 Å². The molecule has 2 nitrogen and oxygen atoms in total. The number of hydrogen-bond acceptors (Lipinski definition) is 2. The van der Waals surface area contributed by atoms with Crippen molar-refractivity contribution >= 4 is 46.2 Å².